The third-order valence-electron chi connectivity index (χ3n) is 1.80. The zero-order valence-corrected chi connectivity index (χ0v) is 7.96. The first-order valence-electron chi connectivity index (χ1n) is 4.04. The lowest BCUT2D eigenvalue weighted by molar-refractivity contribution is -0.141. The van der Waals surface area contributed by atoms with Crippen molar-refractivity contribution in [3.8, 4) is 0 Å². The number of hydrogen-bond donors (Lipinski definition) is 2. The Balaban J connectivity index is 2.52. The highest BCUT2D eigenvalue weighted by Gasteiger charge is 2.17. The average molecular weight is 200 g/mol. The van der Waals surface area contributed by atoms with Crippen molar-refractivity contribution < 1.29 is 9.90 Å². The van der Waals surface area contributed by atoms with Gasteiger partial charge in [-0.15, -0.1) is 11.3 Å². The van der Waals surface area contributed by atoms with E-state index >= 15 is 0 Å². The molecule has 1 rings (SSSR count). The molecule has 0 saturated carbocycles. The Labute approximate surface area is 80.4 Å². The van der Waals surface area contributed by atoms with Crippen molar-refractivity contribution in [3.05, 3.63) is 16.6 Å². The van der Waals surface area contributed by atoms with Gasteiger partial charge < -0.3 is 10.8 Å². The SMILES string of the molecule is NCCC(Cc1cncs1)C(=O)O. The predicted molar refractivity (Wildman–Crippen MR) is 50.6 cm³/mol. The van der Waals surface area contributed by atoms with E-state index in [1.165, 1.54) is 11.3 Å². The molecule has 0 bridgehead atoms. The van der Waals surface area contributed by atoms with Crippen molar-refractivity contribution in [1.29, 1.82) is 0 Å². The smallest absolute Gasteiger partial charge is 0.306 e. The number of nitrogens with two attached hydrogens (primary N) is 1. The Morgan fingerprint density at radius 3 is 3.00 bits per heavy atom. The molecular formula is C8H12N2O2S. The van der Waals surface area contributed by atoms with Gasteiger partial charge in [-0.1, -0.05) is 0 Å². The van der Waals surface area contributed by atoms with E-state index in [-0.39, 0.29) is 5.92 Å². The molecule has 4 nitrogen and oxygen atoms in total. The number of aliphatic carboxylic acids is 1. The highest BCUT2D eigenvalue weighted by molar-refractivity contribution is 7.09. The van der Waals surface area contributed by atoms with Gasteiger partial charge in [0.25, 0.3) is 0 Å². The Morgan fingerprint density at radius 2 is 2.54 bits per heavy atom. The first-order chi connectivity index (χ1) is 6.24. The number of nitrogens with zero attached hydrogens (tertiary/aromatic N) is 1. The van der Waals surface area contributed by atoms with Crippen LogP contribution in [0.25, 0.3) is 0 Å². The first-order valence-corrected chi connectivity index (χ1v) is 4.92. The van der Waals surface area contributed by atoms with Gasteiger partial charge in [-0.3, -0.25) is 9.78 Å². The molecule has 1 aromatic rings. The van der Waals surface area contributed by atoms with E-state index in [0.717, 1.165) is 4.88 Å². The predicted octanol–water partition coefficient (Wildman–Crippen LogP) is 0.735. The fraction of sp³-hybridized carbons (Fsp3) is 0.500. The number of carboxylic acids is 1. The Morgan fingerprint density at radius 1 is 1.77 bits per heavy atom. The second-order valence-electron chi connectivity index (χ2n) is 2.78. The molecule has 1 aromatic heterocycles. The number of carbonyl (C=O) groups is 1. The van der Waals surface area contributed by atoms with Crippen molar-refractivity contribution in [2.24, 2.45) is 11.7 Å². The average Bonchev–Trinajstić information content (AvgIpc) is 2.56. The second-order valence-corrected chi connectivity index (χ2v) is 3.76. The number of aromatic nitrogens is 1. The van der Waals surface area contributed by atoms with Crippen molar-refractivity contribution in [3.63, 3.8) is 0 Å². The summed E-state index contributed by atoms with van der Waals surface area (Å²) in [6, 6.07) is 0. The van der Waals surface area contributed by atoms with Crippen LogP contribution in [0.15, 0.2) is 11.7 Å². The van der Waals surface area contributed by atoms with Gasteiger partial charge >= 0.3 is 5.97 Å². The number of thiazole rings is 1. The standard InChI is InChI=1S/C8H12N2O2S/c9-2-1-6(8(11)12)3-7-4-10-5-13-7/h4-6H,1-3,9H2,(H,11,12). The van der Waals surface area contributed by atoms with Crippen molar-refractivity contribution in [2.75, 3.05) is 6.54 Å². The maximum atomic E-state index is 10.7. The van der Waals surface area contributed by atoms with Gasteiger partial charge in [-0.25, -0.2) is 0 Å². The lowest BCUT2D eigenvalue weighted by Gasteiger charge is -2.08. The van der Waals surface area contributed by atoms with E-state index in [1.807, 2.05) is 0 Å². The monoisotopic (exact) mass is 200 g/mol. The van der Waals surface area contributed by atoms with E-state index in [0.29, 0.717) is 19.4 Å². The van der Waals surface area contributed by atoms with Gasteiger partial charge in [0, 0.05) is 11.1 Å². The first kappa shape index (κ1) is 10.1. The third-order valence-corrected chi connectivity index (χ3v) is 2.60. The minimum Gasteiger partial charge on any atom is -0.481 e. The Hall–Kier alpha value is -0.940. The van der Waals surface area contributed by atoms with Gasteiger partial charge in [-0.05, 0) is 19.4 Å². The quantitative estimate of drug-likeness (QED) is 0.734. The topological polar surface area (TPSA) is 76.2 Å². The summed E-state index contributed by atoms with van der Waals surface area (Å²) < 4.78 is 0. The summed E-state index contributed by atoms with van der Waals surface area (Å²) >= 11 is 1.48. The molecule has 0 radical (unpaired) electrons. The molecule has 5 heteroatoms. The second kappa shape index (κ2) is 4.94. The fourth-order valence-electron chi connectivity index (χ4n) is 1.10. The zero-order valence-electron chi connectivity index (χ0n) is 7.14. The summed E-state index contributed by atoms with van der Waals surface area (Å²) in [4.78, 5) is 15.6. The third kappa shape index (κ3) is 3.12. The largest absolute Gasteiger partial charge is 0.481 e. The van der Waals surface area contributed by atoms with Gasteiger partial charge in [0.1, 0.15) is 0 Å². The van der Waals surface area contributed by atoms with E-state index in [4.69, 9.17) is 10.8 Å². The minimum atomic E-state index is -0.779. The van der Waals surface area contributed by atoms with Crippen LogP contribution in [0.3, 0.4) is 0 Å². The summed E-state index contributed by atoms with van der Waals surface area (Å²) in [7, 11) is 0. The van der Waals surface area contributed by atoms with Crippen LogP contribution in [0.2, 0.25) is 0 Å². The number of hydrogen-bond acceptors (Lipinski definition) is 4. The molecule has 0 aromatic carbocycles. The van der Waals surface area contributed by atoms with Crippen LogP contribution in [0.1, 0.15) is 11.3 Å². The molecule has 13 heavy (non-hydrogen) atoms. The van der Waals surface area contributed by atoms with Crippen LogP contribution >= 0.6 is 11.3 Å². The maximum Gasteiger partial charge on any atom is 0.306 e. The molecule has 0 aliphatic heterocycles. The van der Waals surface area contributed by atoms with Crippen molar-refractivity contribution in [2.45, 2.75) is 12.8 Å². The summed E-state index contributed by atoms with van der Waals surface area (Å²) in [6.07, 6.45) is 2.77. The minimum absolute atomic E-state index is 0.370. The van der Waals surface area contributed by atoms with Crippen LogP contribution in [-0.2, 0) is 11.2 Å². The molecule has 0 aliphatic carbocycles. The lowest BCUT2D eigenvalue weighted by atomic mass is 10.0. The van der Waals surface area contributed by atoms with Crippen LogP contribution in [-0.4, -0.2) is 22.6 Å². The highest BCUT2D eigenvalue weighted by Crippen LogP contribution is 2.15. The fourth-order valence-corrected chi connectivity index (χ4v) is 1.78. The summed E-state index contributed by atoms with van der Waals surface area (Å²) in [5.74, 6) is -1.15. The van der Waals surface area contributed by atoms with Crippen LogP contribution in [0, 0.1) is 5.92 Å². The van der Waals surface area contributed by atoms with E-state index in [9.17, 15) is 4.79 Å². The van der Waals surface area contributed by atoms with Gasteiger partial charge in [0.15, 0.2) is 0 Å². The van der Waals surface area contributed by atoms with Crippen molar-refractivity contribution in [1.82, 2.24) is 4.98 Å². The van der Waals surface area contributed by atoms with E-state index in [1.54, 1.807) is 11.7 Å². The highest BCUT2D eigenvalue weighted by atomic mass is 32.1. The summed E-state index contributed by atoms with van der Waals surface area (Å²) in [5, 5.41) is 8.83. The molecule has 0 saturated heterocycles. The molecule has 1 atom stereocenters. The zero-order chi connectivity index (χ0) is 9.68. The molecule has 1 heterocycles. The summed E-state index contributed by atoms with van der Waals surface area (Å²) in [6.45, 7) is 0.412. The molecule has 3 N–H and O–H groups in total. The molecular weight excluding hydrogens is 188 g/mol. The molecule has 1 unspecified atom stereocenters. The maximum absolute atomic E-state index is 10.7. The Bertz CT molecular complexity index is 261. The van der Waals surface area contributed by atoms with E-state index < -0.39 is 5.97 Å². The van der Waals surface area contributed by atoms with Crippen LogP contribution < -0.4 is 5.73 Å². The lowest BCUT2D eigenvalue weighted by Crippen LogP contribution is -2.19. The molecule has 0 fully saturated rings. The Kier molecular flexibility index (Phi) is 3.85. The van der Waals surface area contributed by atoms with E-state index in [2.05, 4.69) is 4.98 Å². The number of carboxylic acid groups (broad SMARTS) is 1. The van der Waals surface area contributed by atoms with Crippen LogP contribution in [0.5, 0.6) is 0 Å². The van der Waals surface area contributed by atoms with Gasteiger partial charge in [-0.2, -0.15) is 0 Å². The van der Waals surface area contributed by atoms with Crippen LogP contribution in [0.4, 0.5) is 0 Å². The molecule has 0 amide bonds. The number of rotatable bonds is 5. The molecule has 0 spiro atoms. The van der Waals surface area contributed by atoms with Crippen molar-refractivity contribution >= 4 is 17.3 Å². The molecule has 0 aliphatic rings. The molecule has 72 valence electrons. The van der Waals surface area contributed by atoms with Gasteiger partial charge in [0.2, 0.25) is 0 Å². The normalized spacial score (nSPS) is 12.7. The van der Waals surface area contributed by atoms with Gasteiger partial charge in [0.05, 0.1) is 11.4 Å². The summed E-state index contributed by atoms with van der Waals surface area (Å²) in [5.41, 5.74) is 7.03.